The van der Waals surface area contributed by atoms with Crippen LogP contribution in [0.1, 0.15) is 26.7 Å². The van der Waals surface area contributed by atoms with E-state index < -0.39 is 6.04 Å². The minimum Gasteiger partial charge on any atom is -0.334 e. The summed E-state index contributed by atoms with van der Waals surface area (Å²) in [6.07, 6.45) is 1.76. The first-order valence-electron chi connectivity index (χ1n) is 6.75. The van der Waals surface area contributed by atoms with E-state index in [1.165, 1.54) is 4.90 Å². The number of nitrogens with one attached hydrogen (secondary N) is 2. The van der Waals surface area contributed by atoms with Gasteiger partial charge in [-0.2, -0.15) is 0 Å². The van der Waals surface area contributed by atoms with Gasteiger partial charge in [-0.3, -0.25) is 15.1 Å². The minimum absolute atomic E-state index is 0.261. The fourth-order valence-electron chi connectivity index (χ4n) is 2.41. The Kier molecular flexibility index (Phi) is 3.92. The summed E-state index contributed by atoms with van der Waals surface area (Å²) < 4.78 is 0. The normalized spacial score (nSPS) is 28.5. The largest absolute Gasteiger partial charge is 0.334 e. The van der Waals surface area contributed by atoms with E-state index >= 15 is 0 Å². The number of carbonyl (C=O) groups is 2. The number of rotatable bonds is 4. The molecule has 0 aromatic rings. The molecule has 7 nitrogen and oxygen atoms in total. The molecule has 0 aromatic heterocycles. The first kappa shape index (κ1) is 13.6. The summed E-state index contributed by atoms with van der Waals surface area (Å²) in [6, 6.07) is -0.766. The number of fused-ring (bicyclic) bond motifs is 1. The molecular formula is C12H21N5O2. The molecule has 3 amide bonds. The van der Waals surface area contributed by atoms with E-state index in [0.29, 0.717) is 12.5 Å². The summed E-state index contributed by atoms with van der Waals surface area (Å²) in [5.41, 5.74) is 0. The van der Waals surface area contributed by atoms with Crippen LogP contribution in [0, 0.1) is 0 Å². The molecule has 2 N–H and O–H groups in total. The second-order valence-corrected chi connectivity index (χ2v) is 4.78. The molecule has 2 unspecified atom stereocenters. The summed E-state index contributed by atoms with van der Waals surface area (Å²) in [6.45, 7) is 5.49. The number of carbonyl (C=O) groups excluding carboxylic acids is 2. The van der Waals surface area contributed by atoms with E-state index in [4.69, 9.17) is 0 Å². The van der Waals surface area contributed by atoms with Crippen LogP contribution in [0.25, 0.3) is 0 Å². The highest BCUT2D eigenvalue weighted by Crippen LogP contribution is 2.19. The van der Waals surface area contributed by atoms with Crippen LogP contribution >= 0.6 is 0 Å². The molecule has 19 heavy (non-hydrogen) atoms. The Morgan fingerprint density at radius 2 is 2.05 bits per heavy atom. The van der Waals surface area contributed by atoms with Crippen molar-refractivity contribution in [2.45, 2.75) is 38.9 Å². The average molecular weight is 267 g/mol. The Morgan fingerprint density at radius 1 is 1.32 bits per heavy atom. The van der Waals surface area contributed by atoms with Crippen LogP contribution in [0.3, 0.4) is 0 Å². The van der Waals surface area contributed by atoms with Crippen molar-refractivity contribution in [3.63, 3.8) is 0 Å². The van der Waals surface area contributed by atoms with Gasteiger partial charge in [0.2, 0.25) is 0 Å². The van der Waals surface area contributed by atoms with Crippen molar-refractivity contribution in [3.8, 4) is 0 Å². The van der Waals surface area contributed by atoms with Gasteiger partial charge in [0.25, 0.3) is 5.91 Å². The molecule has 2 aliphatic heterocycles. The van der Waals surface area contributed by atoms with Gasteiger partial charge >= 0.3 is 6.03 Å². The molecule has 0 aromatic carbocycles. The average Bonchev–Trinajstić information content (AvgIpc) is 2.75. The second kappa shape index (κ2) is 5.46. The molecule has 0 bridgehead atoms. The van der Waals surface area contributed by atoms with Crippen molar-refractivity contribution < 1.29 is 9.59 Å². The van der Waals surface area contributed by atoms with Gasteiger partial charge in [-0.15, -0.1) is 0 Å². The lowest BCUT2D eigenvalue weighted by Gasteiger charge is -2.34. The van der Waals surface area contributed by atoms with E-state index in [9.17, 15) is 9.59 Å². The minimum atomic E-state index is -0.395. The summed E-state index contributed by atoms with van der Waals surface area (Å²) in [5.74, 6) is 0.450. The van der Waals surface area contributed by atoms with E-state index in [1.807, 2.05) is 11.8 Å². The van der Waals surface area contributed by atoms with Crippen LogP contribution in [0.5, 0.6) is 0 Å². The van der Waals surface area contributed by atoms with Gasteiger partial charge in [0.05, 0.1) is 0 Å². The predicted octanol–water partition coefficient (Wildman–Crippen LogP) is -0.0561. The second-order valence-electron chi connectivity index (χ2n) is 4.78. The number of imide groups is 1. The molecule has 2 atom stereocenters. The lowest BCUT2D eigenvalue weighted by molar-refractivity contribution is -0.127. The number of unbranched alkanes of at least 4 members (excludes halogenated alkanes) is 1. The topological polar surface area (TPSA) is 77.0 Å². The highest BCUT2D eigenvalue weighted by atomic mass is 16.2. The third-order valence-electron chi connectivity index (χ3n) is 3.53. The lowest BCUT2D eigenvalue weighted by atomic mass is 10.1. The van der Waals surface area contributed by atoms with Crippen molar-refractivity contribution in [2.75, 3.05) is 20.1 Å². The van der Waals surface area contributed by atoms with Crippen molar-refractivity contribution >= 4 is 17.9 Å². The molecule has 7 heteroatoms. The zero-order valence-corrected chi connectivity index (χ0v) is 11.6. The Bertz CT molecular complexity index is 409. The number of aliphatic imine (C=N–C) groups is 1. The molecule has 0 radical (unpaired) electrons. The fourth-order valence-corrected chi connectivity index (χ4v) is 2.41. The molecule has 0 saturated carbocycles. The van der Waals surface area contributed by atoms with E-state index in [-0.39, 0.29) is 18.1 Å². The first-order chi connectivity index (χ1) is 9.10. The third kappa shape index (κ3) is 2.36. The van der Waals surface area contributed by atoms with Crippen molar-refractivity contribution in [1.82, 2.24) is 20.4 Å². The molecule has 2 heterocycles. The Hall–Kier alpha value is -1.79. The van der Waals surface area contributed by atoms with Crippen LogP contribution in [0.15, 0.2) is 4.99 Å². The Labute approximate surface area is 113 Å². The molecule has 106 valence electrons. The van der Waals surface area contributed by atoms with Crippen LogP contribution in [0.4, 0.5) is 4.79 Å². The van der Waals surface area contributed by atoms with Crippen LogP contribution in [-0.4, -0.2) is 60.0 Å². The molecular weight excluding hydrogens is 246 g/mol. The monoisotopic (exact) mass is 267 g/mol. The molecule has 0 aliphatic carbocycles. The van der Waals surface area contributed by atoms with Crippen molar-refractivity contribution in [3.05, 3.63) is 0 Å². The van der Waals surface area contributed by atoms with E-state index in [1.54, 1.807) is 7.05 Å². The zero-order chi connectivity index (χ0) is 14.0. The summed E-state index contributed by atoms with van der Waals surface area (Å²) in [5, 5.41) is 5.55. The SMILES string of the molecule is CCCCN=C1NC2C(C(=O)NC(=O)N2C)N1CC. The highest BCUT2D eigenvalue weighted by molar-refractivity contribution is 6.04. The van der Waals surface area contributed by atoms with Crippen LogP contribution in [0.2, 0.25) is 0 Å². The Morgan fingerprint density at radius 3 is 2.68 bits per heavy atom. The van der Waals surface area contributed by atoms with Gasteiger partial charge in [0, 0.05) is 20.1 Å². The standard InChI is InChI=1S/C12H21N5O2/c1-4-6-7-13-11-14-9-8(17(11)5-2)10(18)15-12(19)16(9)3/h8-9H,4-7H2,1-3H3,(H,13,14)(H,15,18,19). The number of guanidine groups is 1. The number of urea groups is 1. The molecule has 0 spiro atoms. The van der Waals surface area contributed by atoms with Crippen LogP contribution < -0.4 is 10.6 Å². The zero-order valence-electron chi connectivity index (χ0n) is 11.6. The summed E-state index contributed by atoms with van der Waals surface area (Å²) >= 11 is 0. The molecule has 2 aliphatic rings. The Balaban J connectivity index is 2.20. The first-order valence-corrected chi connectivity index (χ1v) is 6.75. The number of hydrogen-bond acceptors (Lipinski definition) is 3. The van der Waals surface area contributed by atoms with Gasteiger partial charge < -0.3 is 15.1 Å². The number of nitrogens with zero attached hydrogens (tertiary/aromatic N) is 3. The maximum atomic E-state index is 12.0. The number of amides is 3. The van der Waals surface area contributed by atoms with Gasteiger partial charge in [0.15, 0.2) is 12.0 Å². The summed E-state index contributed by atoms with van der Waals surface area (Å²) in [4.78, 5) is 31.5. The smallest absolute Gasteiger partial charge is 0.325 e. The van der Waals surface area contributed by atoms with E-state index in [0.717, 1.165) is 19.4 Å². The highest BCUT2D eigenvalue weighted by Gasteiger charge is 2.49. The van der Waals surface area contributed by atoms with E-state index in [2.05, 4.69) is 22.5 Å². The van der Waals surface area contributed by atoms with Gasteiger partial charge in [-0.25, -0.2) is 4.79 Å². The van der Waals surface area contributed by atoms with Crippen molar-refractivity contribution in [2.24, 2.45) is 4.99 Å². The maximum Gasteiger partial charge on any atom is 0.325 e. The van der Waals surface area contributed by atoms with Gasteiger partial charge in [-0.1, -0.05) is 13.3 Å². The fraction of sp³-hybridized carbons (Fsp3) is 0.750. The number of likely N-dealkylation sites (N-methyl/N-ethyl adjacent to an activating group) is 2. The van der Waals surface area contributed by atoms with Gasteiger partial charge in [-0.05, 0) is 13.3 Å². The molecule has 2 saturated heterocycles. The van der Waals surface area contributed by atoms with Crippen LogP contribution in [-0.2, 0) is 4.79 Å². The summed E-state index contributed by atoms with van der Waals surface area (Å²) in [7, 11) is 1.68. The molecule has 2 rings (SSSR count). The number of hydrogen-bond donors (Lipinski definition) is 2. The van der Waals surface area contributed by atoms with Gasteiger partial charge in [0.1, 0.15) is 6.17 Å². The lowest BCUT2D eigenvalue weighted by Crippen LogP contribution is -2.64. The molecule has 2 fully saturated rings. The quantitative estimate of drug-likeness (QED) is 0.700. The van der Waals surface area contributed by atoms with Crippen molar-refractivity contribution in [1.29, 1.82) is 0 Å². The third-order valence-corrected chi connectivity index (χ3v) is 3.53. The maximum absolute atomic E-state index is 12.0. The predicted molar refractivity (Wildman–Crippen MR) is 71.6 cm³/mol.